The Morgan fingerprint density at radius 2 is 2.00 bits per heavy atom. The highest BCUT2D eigenvalue weighted by atomic mass is 79.9. The second-order valence-electron chi connectivity index (χ2n) is 4.58. The lowest BCUT2D eigenvalue weighted by Crippen LogP contribution is -2.47. The Morgan fingerprint density at radius 1 is 1.32 bits per heavy atom. The molecule has 4 nitrogen and oxygen atoms in total. The quantitative estimate of drug-likeness (QED) is 0.804. The Bertz CT molecular complexity index is 461. The number of hydrogen-bond acceptors (Lipinski definition) is 4. The summed E-state index contributed by atoms with van der Waals surface area (Å²) in [6.45, 7) is 4.70. The molecule has 0 amide bonds. The van der Waals surface area contributed by atoms with Gasteiger partial charge in [0.25, 0.3) is 0 Å². The van der Waals surface area contributed by atoms with E-state index in [-0.39, 0.29) is 6.61 Å². The normalized spacial score (nSPS) is 16.6. The molecule has 1 aliphatic heterocycles. The van der Waals surface area contributed by atoms with Crippen LogP contribution in [0.15, 0.2) is 22.7 Å². The number of rotatable bonds is 4. The van der Waals surface area contributed by atoms with E-state index in [1.807, 2.05) is 12.1 Å². The molecule has 19 heavy (non-hydrogen) atoms. The van der Waals surface area contributed by atoms with Crippen LogP contribution in [0.3, 0.4) is 0 Å². The second kappa shape index (κ2) is 6.65. The van der Waals surface area contributed by atoms with Gasteiger partial charge < -0.3 is 15.7 Å². The highest BCUT2D eigenvalue weighted by molar-refractivity contribution is 9.10. The minimum absolute atomic E-state index is 0.217. The summed E-state index contributed by atoms with van der Waals surface area (Å²) in [5, 5.41) is 8.96. The van der Waals surface area contributed by atoms with E-state index in [9.17, 15) is 0 Å². The van der Waals surface area contributed by atoms with Crippen molar-refractivity contribution in [2.24, 2.45) is 5.73 Å². The lowest BCUT2D eigenvalue weighted by Gasteiger charge is -2.36. The molecule has 0 unspecified atom stereocenters. The van der Waals surface area contributed by atoms with Gasteiger partial charge in [0.15, 0.2) is 0 Å². The van der Waals surface area contributed by atoms with E-state index >= 15 is 0 Å². The fourth-order valence-electron chi connectivity index (χ4n) is 2.33. The number of aliphatic hydroxyl groups is 1. The first kappa shape index (κ1) is 14.7. The molecule has 0 aromatic heterocycles. The maximum absolute atomic E-state index is 8.96. The number of nitrogens with zero attached hydrogens (tertiary/aromatic N) is 2. The van der Waals surface area contributed by atoms with Crippen LogP contribution in [-0.2, 0) is 0 Å². The van der Waals surface area contributed by atoms with E-state index < -0.39 is 0 Å². The van der Waals surface area contributed by atoms with E-state index in [2.05, 4.69) is 31.8 Å². The largest absolute Gasteiger partial charge is 0.395 e. The van der Waals surface area contributed by atoms with Crippen molar-refractivity contribution in [1.29, 1.82) is 0 Å². The first-order valence-electron chi connectivity index (χ1n) is 6.29. The highest BCUT2D eigenvalue weighted by Gasteiger charge is 2.19. The minimum Gasteiger partial charge on any atom is -0.395 e. The summed E-state index contributed by atoms with van der Waals surface area (Å²) in [6, 6.07) is 5.98. The molecular weight excluding hydrogens is 326 g/mol. The average molecular weight is 344 g/mol. The third-order valence-corrected chi connectivity index (χ3v) is 4.07. The van der Waals surface area contributed by atoms with Crippen molar-refractivity contribution in [2.45, 2.75) is 0 Å². The standard InChI is InChI=1S/C13H18BrN3OS/c14-10-1-2-11(13(15)19)12(9-10)17-5-3-16(4-6-17)7-8-18/h1-2,9,18H,3-8H2,(H2,15,19). The second-order valence-corrected chi connectivity index (χ2v) is 5.93. The van der Waals surface area contributed by atoms with Crippen molar-refractivity contribution >= 4 is 38.8 Å². The molecule has 1 aliphatic rings. The fraction of sp³-hybridized carbons (Fsp3) is 0.462. The number of aliphatic hydroxyl groups excluding tert-OH is 1. The molecule has 6 heteroatoms. The van der Waals surface area contributed by atoms with Gasteiger partial charge in [0.05, 0.1) is 6.61 Å². The average Bonchev–Trinajstić information content (AvgIpc) is 2.39. The molecule has 1 heterocycles. The summed E-state index contributed by atoms with van der Waals surface area (Å²) in [6.07, 6.45) is 0. The number of anilines is 1. The predicted molar refractivity (Wildman–Crippen MR) is 85.8 cm³/mol. The molecule has 0 radical (unpaired) electrons. The number of halogens is 1. The fourth-order valence-corrected chi connectivity index (χ4v) is 2.85. The molecule has 1 aromatic rings. The van der Waals surface area contributed by atoms with Gasteiger partial charge in [0.1, 0.15) is 4.99 Å². The van der Waals surface area contributed by atoms with Crippen molar-refractivity contribution < 1.29 is 5.11 Å². The van der Waals surface area contributed by atoms with Crippen LogP contribution in [0.1, 0.15) is 5.56 Å². The van der Waals surface area contributed by atoms with Gasteiger partial charge in [-0.15, -0.1) is 0 Å². The van der Waals surface area contributed by atoms with Crippen molar-refractivity contribution in [2.75, 3.05) is 44.2 Å². The van der Waals surface area contributed by atoms with Crippen LogP contribution in [0.4, 0.5) is 5.69 Å². The van der Waals surface area contributed by atoms with Crippen molar-refractivity contribution in [1.82, 2.24) is 4.90 Å². The maximum atomic E-state index is 8.96. The first-order chi connectivity index (χ1) is 9.11. The van der Waals surface area contributed by atoms with E-state index in [4.69, 9.17) is 23.1 Å². The Kier molecular flexibility index (Phi) is 5.15. The molecule has 0 aliphatic carbocycles. The smallest absolute Gasteiger partial charge is 0.106 e. The van der Waals surface area contributed by atoms with Gasteiger partial charge in [-0.2, -0.15) is 0 Å². The Balaban J connectivity index is 2.14. The predicted octanol–water partition coefficient (Wildman–Crippen LogP) is 1.20. The third-order valence-electron chi connectivity index (χ3n) is 3.35. The lowest BCUT2D eigenvalue weighted by molar-refractivity contribution is 0.189. The number of β-amino-alcohol motifs (C(OH)–C–C–N with tert-alkyl or cyclic N) is 1. The summed E-state index contributed by atoms with van der Waals surface area (Å²) in [5.41, 5.74) is 7.81. The summed E-state index contributed by atoms with van der Waals surface area (Å²) in [7, 11) is 0. The zero-order valence-electron chi connectivity index (χ0n) is 10.7. The molecule has 1 aromatic carbocycles. The van der Waals surface area contributed by atoms with Crippen molar-refractivity contribution in [3.63, 3.8) is 0 Å². The van der Waals surface area contributed by atoms with E-state index in [1.165, 1.54) is 0 Å². The van der Waals surface area contributed by atoms with Gasteiger partial charge in [0.2, 0.25) is 0 Å². The van der Waals surface area contributed by atoms with Gasteiger partial charge >= 0.3 is 0 Å². The number of hydrogen-bond donors (Lipinski definition) is 2. The van der Waals surface area contributed by atoms with Crippen molar-refractivity contribution in [3.8, 4) is 0 Å². The van der Waals surface area contributed by atoms with Crippen molar-refractivity contribution in [3.05, 3.63) is 28.2 Å². The van der Waals surface area contributed by atoms with Crippen LogP contribution in [0.2, 0.25) is 0 Å². The SMILES string of the molecule is NC(=S)c1ccc(Br)cc1N1CCN(CCO)CC1. The van der Waals surface area contributed by atoms with Gasteiger partial charge in [-0.3, -0.25) is 4.90 Å². The zero-order chi connectivity index (χ0) is 13.8. The lowest BCUT2D eigenvalue weighted by atomic mass is 10.1. The van der Waals surface area contributed by atoms with Gasteiger partial charge in [-0.25, -0.2) is 0 Å². The first-order valence-corrected chi connectivity index (χ1v) is 7.49. The van der Waals surface area contributed by atoms with Crippen LogP contribution in [0, 0.1) is 0 Å². The number of piperazine rings is 1. The van der Waals surface area contributed by atoms with E-state index in [1.54, 1.807) is 0 Å². The monoisotopic (exact) mass is 343 g/mol. The highest BCUT2D eigenvalue weighted by Crippen LogP contribution is 2.26. The maximum Gasteiger partial charge on any atom is 0.106 e. The van der Waals surface area contributed by atoms with Gasteiger partial charge in [0, 0.05) is 48.4 Å². The number of benzene rings is 1. The number of thiocarbonyl (C=S) groups is 1. The molecular formula is C13H18BrN3OS. The molecule has 1 fully saturated rings. The van der Waals surface area contributed by atoms with Crippen LogP contribution in [0.25, 0.3) is 0 Å². The molecule has 104 valence electrons. The molecule has 0 spiro atoms. The van der Waals surface area contributed by atoms with Gasteiger partial charge in [-0.05, 0) is 18.2 Å². The summed E-state index contributed by atoms with van der Waals surface area (Å²) >= 11 is 8.61. The molecule has 0 saturated carbocycles. The molecule has 3 N–H and O–H groups in total. The van der Waals surface area contributed by atoms with Gasteiger partial charge in [-0.1, -0.05) is 28.1 Å². The van der Waals surface area contributed by atoms with Crippen LogP contribution >= 0.6 is 28.1 Å². The van der Waals surface area contributed by atoms with Crippen LogP contribution in [-0.4, -0.2) is 54.3 Å². The Morgan fingerprint density at radius 3 is 2.58 bits per heavy atom. The molecule has 0 atom stereocenters. The van der Waals surface area contributed by atoms with Crippen LogP contribution < -0.4 is 10.6 Å². The van der Waals surface area contributed by atoms with E-state index in [0.29, 0.717) is 4.99 Å². The Hall–Kier alpha value is -0.690. The summed E-state index contributed by atoms with van der Waals surface area (Å²) in [5.74, 6) is 0. The van der Waals surface area contributed by atoms with E-state index in [0.717, 1.165) is 48.4 Å². The molecule has 2 rings (SSSR count). The summed E-state index contributed by atoms with van der Waals surface area (Å²) in [4.78, 5) is 4.99. The zero-order valence-corrected chi connectivity index (χ0v) is 13.1. The minimum atomic E-state index is 0.217. The molecule has 1 saturated heterocycles. The van der Waals surface area contributed by atoms with Crippen LogP contribution in [0.5, 0.6) is 0 Å². The topological polar surface area (TPSA) is 52.7 Å². The Labute approximate surface area is 127 Å². The number of nitrogens with two attached hydrogens (primary N) is 1. The third kappa shape index (κ3) is 3.66. The summed E-state index contributed by atoms with van der Waals surface area (Å²) < 4.78 is 1.03. The molecule has 0 bridgehead atoms.